The second-order valence-corrected chi connectivity index (χ2v) is 6.42. The molecule has 0 saturated carbocycles. The molecule has 8 nitrogen and oxygen atoms in total. The zero-order valence-electron chi connectivity index (χ0n) is 17.2. The fourth-order valence-electron chi connectivity index (χ4n) is 2.91. The molecule has 1 heterocycles. The molecule has 2 amide bonds. The van der Waals surface area contributed by atoms with Crippen LogP contribution in [0.3, 0.4) is 0 Å². The average molecular weight is 422 g/mol. The standard InChI is InChI=1S/C23H22N2O6/c1-4-12-31-19-11-6-15(14-20(19)29-3)13-18-21(26)24-25(22(18)27)17-9-7-16(8-10-17)23(28)30-5-2/h4,6-11,13-14H,1,5,12H2,2-3H3,(H,24,26)/b18-13-. The van der Waals surface area contributed by atoms with Crippen molar-refractivity contribution in [2.24, 2.45) is 0 Å². The van der Waals surface area contributed by atoms with E-state index in [2.05, 4.69) is 12.0 Å². The Morgan fingerprint density at radius 1 is 1.13 bits per heavy atom. The number of methoxy groups -OCH3 is 1. The van der Waals surface area contributed by atoms with Gasteiger partial charge in [-0.3, -0.25) is 15.0 Å². The van der Waals surface area contributed by atoms with Crippen LogP contribution in [0, 0.1) is 0 Å². The van der Waals surface area contributed by atoms with Crippen LogP contribution in [0.25, 0.3) is 6.08 Å². The van der Waals surface area contributed by atoms with Gasteiger partial charge in [0.25, 0.3) is 11.8 Å². The molecule has 0 bridgehead atoms. The highest BCUT2D eigenvalue weighted by molar-refractivity contribution is 6.31. The highest BCUT2D eigenvalue weighted by Crippen LogP contribution is 2.30. The number of benzene rings is 2. The molecule has 0 aliphatic carbocycles. The topological polar surface area (TPSA) is 94.2 Å². The van der Waals surface area contributed by atoms with Gasteiger partial charge in [0.05, 0.1) is 25.0 Å². The van der Waals surface area contributed by atoms with Crippen LogP contribution in [0.4, 0.5) is 5.69 Å². The number of hydrazine groups is 1. The summed E-state index contributed by atoms with van der Waals surface area (Å²) < 4.78 is 15.8. The number of esters is 1. The number of nitrogens with one attached hydrogen (secondary N) is 1. The van der Waals surface area contributed by atoms with E-state index in [0.29, 0.717) is 34.9 Å². The molecule has 1 aliphatic rings. The summed E-state index contributed by atoms with van der Waals surface area (Å²) in [5.74, 6) is -0.519. The highest BCUT2D eigenvalue weighted by atomic mass is 16.5. The van der Waals surface area contributed by atoms with Crippen molar-refractivity contribution < 1.29 is 28.6 Å². The Balaban J connectivity index is 1.82. The maximum Gasteiger partial charge on any atom is 0.338 e. The SMILES string of the molecule is C=CCOc1ccc(/C=C2/C(=O)NN(c3ccc(C(=O)OCC)cc3)C2=O)cc1OC. The molecule has 0 aromatic heterocycles. The minimum atomic E-state index is -0.537. The van der Waals surface area contributed by atoms with Crippen LogP contribution < -0.4 is 19.9 Å². The molecule has 0 radical (unpaired) electrons. The Labute approximate surface area is 179 Å². The normalized spacial score (nSPS) is 14.4. The molecule has 0 atom stereocenters. The summed E-state index contributed by atoms with van der Waals surface area (Å²) in [6.45, 7) is 5.91. The molecular formula is C23H22N2O6. The molecule has 0 unspecified atom stereocenters. The molecule has 1 saturated heterocycles. The molecule has 160 valence electrons. The molecule has 2 aromatic rings. The first-order valence-corrected chi connectivity index (χ1v) is 9.54. The quantitative estimate of drug-likeness (QED) is 0.304. The van der Waals surface area contributed by atoms with E-state index in [1.54, 1.807) is 43.3 Å². The van der Waals surface area contributed by atoms with Crippen LogP contribution in [-0.4, -0.2) is 38.1 Å². The van der Waals surface area contributed by atoms with Gasteiger partial charge >= 0.3 is 5.97 Å². The molecule has 1 N–H and O–H groups in total. The lowest BCUT2D eigenvalue weighted by Crippen LogP contribution is -2.35. The lowest BCUT2D eigenvalue weighted by molar-refractivity contribution is -0.117. The molecular weight excluding hydrogens is 400 g/mol. The van der Waals surface area contributed by atoms with E-state index in [0.717, 1.165) is 5.01 Å². The van der Waals surface area contributed by atoms with Crippen LogP contribution >= 0.6 is 0 Å². The van der Waals surface area contributed by atoms with Crippen LogP contribution in [0.5, 0.6) is 11.5 Å². The van der Waals surface area contributed by atoms with Crippen LogP contribution in [-0.2, 0) is 14.3 Å². The molecule has 3 rings (SSSR count). The number of carbonyl (C=O) groups is 3. The van der Waals surface area contributed by atoms with E-state index in [1.807, 2.05) is 0 Å². The third kappa shape index (κ3) is 4.75. The lowest BCUT2D eigenvalue weighted by Gasteiger charge is -2.14. The van der Waals surface area contributed by atoms with Crippen molar-refractivity contribution in [3.63, 3.8) is 0 Å². The third-order valence-electron chi connectivity index (χ3n) is 4.38. The van der Waals surface area contributed by atoms with Gasteiger partial charge in [0, 0.05) is 0 Å². The number of nitrogens with zero attached hydrogens (tertiary/aromatic N) is 1. The molecule has 2 aromatic carbocycles. The predicted octanol–water partition coefficient (Wildman–Crippen LogP) is 2.90. The summed E-state index contributed by atoms with van der Waals surface area (Å²) in [7, 11) is 1.50. The van der Waals surface area contributed by atoms with E-state index in [9.17, 15) is 14.4 Å². The zero-order valence-corrected chi connectivity index (χ0v) is 17.2. The fourth-order valence-corrected chi connectivity index (χ4v) is 2.91. The Bertz CT molecular complexity index is 1040. The highest BCUT2D eigenvalue weighted by Gasteiger charge is 2.34. The maximum atomic E-state index is 12.8. The van der Waals surface area contributed by atoms with Crippen molar-refractivity contribution in [2.75, 3.05) is 25.3 Å². The fraction of sp³-hybridized carbons (Fsp3) is 0.174. The summed E-state index contributed by atoms with van der Waals surface area (Å²) in [6.07, 6.45) is 3.09. The number of rotatable bonds is 8. The van der Waals surface area contributed by atoms with E-state index in [-0.39, 0.29) is 12.2 Å². The Morgan fingerprint density at radius 2 is 1.87 bits per heavy atom. The summed E-state index contributed by atoms with van der Waals surface area (Å²) in [5, 5.41) is 1.13. The third-order valence-corrected chi connectivity index (χ3v) is 4.38. The van der Waals surface area contributed by atoms with E-state index >= 15 is 0 Å². The molecule has 1 fully saturated rings. The van der Waals surface area contributed by atoms with E-state index in [1.165, 1.54) is 25.3 Å². The lowest BCUT2D eigenvalue weighted by atomic mass is 10.1. The number of hydrogen-bond donors (Lipinski definition) is 1. The molecule has 0 spiro atoms. The van der Waals surface area contributed by atoms with Gasteiger partial charge in [-0.05, 0) is 55.0 Å². The Morgan fingerprint density at radius 3 is 2.52 bits per heavy atom. The summed E-state index contributed by atoms with van der Waals surface area (Å²) in [4.78, 5) is 37.0. The second kappa shape index (κ2) is 9.62. The Kier molecular flexibility index (Phi) is 6.71. The van der Waals surface area contributed by atoms with Gasteiger partial charge in [-0.25, -0.2) is 9.80 Å². The van der Waals surface area contributed by atoms with Crippen LogP contribution in [0.1, 0.15) is 22.8 Å². The van der Waals surface area contributed by atoms with Crippen molar-refractivity contribution in [3.05, 3.63) is 71.8 Å². The number of hydrogen-bond acceptors (Lipinski definition) is 6. The minimum Gasteiger partial charge on any atom is -0.493 e. The van der Waals surface area contributed by atoms with Crippen molar-refractivity contribution in [1.82, 2.24) is 5.43 Å². The van der Waals surface area contributed by atoms with E-state index in [4.69, 9.17) is 14.2 Å². The summed E-state index contributed by atoms with van der Waals surface area (Å²) in [5.41, 5.74) is 3.86. The van der Waals surface area contributed by atoms with Gasteiger partial charge in [-0.2, -0.15) is 0 Å². The van der Waals surface area contributed by atoms with Crippen molar-refractivity contribution >= 4 is 29.5 Å². The zero-order chi connectivity index (χ0) is 22.4. The number of anilines is 1. The summed E-state index contributed by atoms with van der Waals surface area (Å²) >= 11 is 0. The van der Waals surface area contributed by atoms with Crippen LogP contribution in [0.2, 0.25) is 0 Å². The van der Waals surface area contributed by atoms with Crippen molar-refractivity contribution in [3.8, 4) is 11.5 Å². The monoisotopic (exact) mass is 422 g/mol. The number of carbonyl (C=O) groups excluding carboxylic acids is 3. The van der Waals surface area contributed by atoms with Gasteiger partial charge in [0.15, 0.2) is 11.5 Å². The largest absolute Gasteiger partial charge is 0.493 e. The molecule has 8 heteroatoms. The predicted molar refractivity (Wildman–Crippen MR) is 115 cm³/mol. The smallest absolute Gasteiger partial charge is 0.338 e. The van der Waals surface area contributed by atoms with Crippen LogP contribution in [0.15, 0.2) is 60.7 Å². The van der Waals surface area contributed by atoms with Gasteiger partial charge in [0.2, 0.25) is 0 Å². The number of ether oxygens (including phenoxy) is 3. The first-order chi connectivity index (χ1) is 15.0. The average Bonchev–Trinajstić information content (AvgIpc) is 3.06. The van der Waals surface area contributed by atoms with Gasteiger partial charge in [0.1, 0.15) is 12.2 Å². The summed E-state index contributed by atoms with van der Waals surface area (Å²) in [6, 6.07) is 11.2. The number of amides is 2. The first kappa shape index (κ1) is 21.6. The van der Waals surface area contributed by atoms with Gasteiger partial charge < -0.3 is 14.2 Å². The minimum absolute atomic E-state index is 0.0312. The molecule has 31 heavy (non-hydrogen) atoms. The maximum absolute atomic E-state index is 12.8. The first-order valence-electron chi connectivity index (χ1n) is 9.54. The van der Waals surface area contributed by atoms with E-state index < -0.39 is 17.8 Å². The van der Waals surface area contributed by atoms with Crippen molar-refractivity contribution in [1.29, 1.82) is 0 Å². The van der Waals surface area contributed by atoms with Gasteiger partial charge in [-0.15, -0.1) is 0 Å². The molecule has 1 aliphatic heterocycles. The van der Waals surface area contributed by atoms with Crippen molar-refractivity contribution in [2.45, 2.75) is 6.92 Å². The van der Waals surface area contributed by atoms with Gasteiger partial charge in [-0.1, -0.05) is 18.7 Å². The second-order valence-electron chi connectivity index (χ2n) is 6.42. The Hall–Kier alpha value is -4.07.